The Balaban J connectivity index is 2.05. The first-order valence-corrected chi connectivity index (χ1v) is 9.17. The van der Waals surface area contributed by atoms with Gasteiger partial charge in [-0.2, -0.15) is 0 Å². The van der Waals surface area contributed by atoms with Crippen molar-refractivity contribution in [1.29, 1.82) is 0 Å². The standard InChI is InChI=1S/C21H22O3S/c1-15(2)12-13-24-17-7-10-19(21(23)14-17)20(22)11-6-16-4-8-18(25-3)9-5-16/h4-12,14,23H,13H2,1-3H3. The molecule has 0 aliphatic rings. The molecular weight excluding hydrogens is 332 g/mol. The highest BCUT2D eigenvalue weighted by Gasteiger charge is 2.09. The van der Waals surface area contributed by atoms with Crippen LogP contribution in [0.4, 0.5) is 0 Å². The molecule has 1 N–H and O–H groups in total. The van der Waals surface area contributed by atoms with Crippen molar-refractivity contribution >= 4 is 23.6 Å². The van der Waals surface area contributed by atoms with E-state index in [2.05, 4.69) is 0 Å². The fraction of sp³-hybridized carbons (Fsp3) is 0.190. The normalized spacial score (nSPS) is 10.7. The molecule has 0 saturated heterocycles. The third-order valence-electron chi connectivity index (χ3n) is 3.52. The lowest BCUT2D eigenvalue weighted by Gasteiger charge is -2.06. The third-order valence-corrected chi connectivity index (χ3v) is 4.26. The molecule has 3 nitrogen and oxygen atoms in total. The van der Waals surface area contributed by atoms with Gasteiger partial charge in [0, 0.05) is 11.0 Å². The Labute approximate surface area is 153 Å². The zero-order valence-corrected chi connectivity index (χ0v) is 15.5. The van der Waals surface area contributed by atoms with Gasteiger partial charge < -0.3 is 9.84 Å². The number of ketones is 1. The topological polar surface area (TPSA) is 46.5 Å². The van der Waals surface area contributed by atoms with Crippen LogP contribution in [0.3, 0.4) is 0 Å². The second kappa shape index (κ2) is 9.14. The van der Waals surface area contributed by atoms with Gasteiger partial charge in [-0.3, -0.25) is 4.79 Å². The lowest BCUT2D eigenvalue weighted by molar-refractivity contribution is 0.104. The van der Waals surface area contributed by atoms with Crippen LogP contribution >= 0.6 is 11.8 Å². The number of hydrogen-bond acceptors (Lipinski definition) is 4. The first kappa shape index (κ1) is 18.9. The summed E-state index contributed by atoms with van der Waals surface area (Å²) < 4.78 is 5.52. The first-order chi connectivity index (χ1) is 12.0. The number of ether oxygens (including phenoxy) is 1. The summed E-state index contributed by atoms with van der Waals surface area (Å²) in [7, 11) is 0. The van der Waals surface area contributed by atoms with Crippen molar-refractivity contribution in [3.05, 3.63) is 71.3 Å². The van der Waals surface area contributed by atoms with E-state index in [1.807, 2.05) is 50.4 Å². The van der Waals surface area contributed by atoms with E-state index in [4.69, 9.17) is 4.74 Å². The van der Waals surface area contributed by atoms with E-state index in [0.717, 1.165) is 11.1 Å². The van der Waals surface area contributed by atoms with E-state index in [-0.39, 0.29) is 17.1 Å². The molecule has 0 atom stereocenters. The van der Waals surface area contributed by atoms with Gasteiger partial charge in [0.25, 0.3) is 0 Å². The number of rotatable bonds is 7. The minimum Gasteiger partial charge on any atom is -0.507 e. The fourth-order valence-electron chi connectivity index (χ4n) is 2.09. The molecule has 0 saturated carbocycles. The van der Waals surface area contributed by atoms with Gasteiger partial charge in [-0.25, -0.2) is 0 Å². The molecule has 0 aliphatic heterocycles. The molecule has 0 spiro atoms. The lowest BCUT2D eigenvalue weighted by atomic mass is 10.1. The summed E-state index contributed by atoms with van der Waals surface area (Å²) in [6.07, 6.45) is 7.17. The van der Waals surface area contributed by atoms with Crippen LogP contribution in [-0.2, 0) is 0 Å². The maximum atomic E-state index is 12.3. The van der Waals surface area contributed by atoms with Gasteiger partial charge in [0.15, 0.2) is 5.78 Å². The highest BCUT2D eigenvalue weighted by atomic mass is 32.2. The van der Waals surface area contributed by atoms with E-state index in [0.29, 0.717) is 12.4 Å². The molecule has 0 heterocycles. The van der Waals surface area contributed by atoms with Crippen LogP contribution in [0, 0.1) is 0 Å². The van der Waals surface area contributed by atoms with Gasteiger partial charge in [0.05, 0.1) is 5.56 Å². The second-order valence-electron chi connectivity index (χ2n) is 5.74. The first-order valence-electron chi connectivity index (χ1n) is 7.95. The Kier molecular flexibility index (Phi) is 6.90. The second-order valence-corrected chi connectivity index (χ2v) is 6.62. The number of carbonyl (C=O) groups is 1. The molecule has 0 amide bonds. The van der Waals surface area contributed by atoms with Crippen molar-refractivity contribution < 1.29 is 14.6 Å². The highest BCUT2D eigenvalue weighted by Crippen LogP contribution is 2.25. The summed E-state index contributed by atoms with van der Waals surface area (Å²) in [5, 5.41) is 10.1. The van der Waals surface area contributed by atoms with Gasteiger partial charge in [-0.05, 0) is 62.1 Å². The summed E-state index contributed by atoms with van der Waals surface area (Å²) >= 11 is 1.67. The van der Waals surface area contributed by atoms with E-state index >= 15 is 0 Å². The molecule has 0 radical (unpaired) electrons. The molecule has 0 bridgehead atoms. The van der Waals surface area contributed by atoms with Crippen LogP contribution in [0.5, 0.6) is 11.5 Å². The van der Waals surface area contributed by atoms with Crippen molar-refractivity contribution in [1.82, 2.24) is 0 Å². The predicted molar refractivity (Wildman–Crippen MR) is 105 cm³/mol. The Morgan fingerprint density at radius 3 is 2.48 bits per heavy atom. The molecule has 130 valence electrons. The van der Waals surface area contributed by atoms with Crippen LogP contribution in [-0.4, -0.2) is 23.8 Å². The molecule has 0 fully saturated rings. The molecule has 25 heavy (non-hydrogen) atoms. The average Bonchev–Trinajstić information content (AvgIpc) is 2.60. The number of phenols is 1. The van der Waals surface area contributed by atoms with Crippen molar-refractivity contribution in [3.63, 3.8) is 0 Å². The van der Waals surface area contributed by atoms with Crippen molar-refractivity contribution in [2.75, 3.05) is 12.9 Å². The summed E-state index contributed by atoms with van der Waals surface area (Å²) in [6.45, 7) is 4.41. The molecule has 2 rings (SSSR count). The summed E-state index contributed by atoms with van der Waals surface area (Å²) in [5.74, 6) is 0.201. The number of allylic oxidation sites excluding steroid dienone is 2. The van der Waals surface area contributed by atoms with E-state index in [9.17, 15) is 9.90 Å². The minimum atomic E-state index is -0.248. The van der Waals surface area contributed by atoms with Gasteiger partial charge >= 0.3 is 0 Å². The zero-order valence-electron chi connectivity index (χ0n) is 14.7. The molecule has 0 aromatic heterocycles. The minimum absolute atomic E-state index is 0.0814. The van der Waals surface area contributed by atoms with E-state index in [1.54, 1.807) is 30.0 Å². The quantitative estimate of drug-likeness (QED) is 0.315. The molecular formula is C21H22O3S. The molecule has 0 unspecified atom stereocenters. The molecule has 4 heteroatoms. The highest BCUT2D eigenvalue weighted by molar-refractivity contribution is 7.98. The van der Waals surface area contributed by atoms with Crippen molar-refractivity contribution in [2.45, 2.75) is 18.7 Å². The van der Waals surface area contributed by atoms with Crippen LogP contribution in [0.2, 0.25) is 0 Å². The number of carbonyl (C=O) groups excluding carboxylic acids is 1. The van der Waals surface area contributed by atoms with Crippen molar-refractivity contribution in [3.8, 4) is 11.5 Å². The number of thioether (sulfide) groups is 1. The van der Waals surface area contributed by atoms with Gasteiger partial charge in [-0.15, -0.1) is 11.8 Å². The van der Waals surface area contributed by atoms with Crippen LogP contribution in [0.1, 0.15) is 29.8 Å². The van der Waals surface area contributed by atoms with Crippen LogP contribution < -0.4 is 4.74 Å². The van der Waals surface area contributed by atoms with Gasteiger partial charge in [0.2, 0.25) is 0 Å². The zero-order chi connectivity index (χ0) is 18.2. The molecule has 0 aliphatic carbocycles. The van der Waals surface area contributed by atoms with Crippen LogP contribution in [0.25, 0.3) is 6.08 Å². The maximum Gasteiger partial charge on any atom is 0.189 e. The maximum absolute atomic E-state index is 12.3. The summed E-state index contributed by atoms with van der Waals surface area (Å²) in [5.41, 5.74) is 2.35. The molecule has 2 aromatic rings. The lowest BCUT2D eigenvalue weighted by Crippen LogP contribution is -1.98. The monoisotopic (exact) mass is 354 g/mol. The number of hydrogen-bond donors (Lipinski definition) is 1. The Morgan fingerprint density at radius 2 is 1.88 bits per heavy atom. The van der Waals surface area contributed by atoms with Gasteiger partial charge in [0.1, 0.15) is 18.1 Å². The Bertz CT molecular complexity index is 785. The largest absolute Gasteiger partial charge is 0.507 e. The predicted octanol–water partition coefficient (Wildman–Crippen LogP) is 5.36. The summed E-state index contributed by atoms with van der Waals surface area (Å²) in [4.78, 5) is 13.4. The van der Waals surface area contributed by atoms with Crippen molar-refractivity contribution in [2.24, 2.45) is 0 Å². The van der Waals surface area contributed by atoms with Crippen LogP contribution in [0.15, 0.2) is 65.1 Å². The van der Waals surface area contributed by atoms with E-state index in [1.165, 1.54) is 17.0 Å². The SMILES string of the molecule is CSc1ccc(C=CC(=O)c2ccc(OCC=C(C)C)cc2O)cc1. The molecule has 2 aromatic carbocycles. The van der Waals surface area contributed by atoms with Gasteiger partial charge in [-0.1, -0.05) is 23.8 Å². The Hall–Kier alpha value is -2.46. The number of phenolic OH excluding ortho intramolecular Hbond substituents is 1. The van der Waals surface area contributed by atoms with E-state index < -0.39 is 0 Å². The number of aromatic hydroxyl groups is 1. The Morgan fingerprint density at radius 1 is 1.16 bits per heavy atom. The number of benzene rings is 2. The third kappa shape index (κ3) is 5.84. The summed E-state index contributed by atoms with van der Waals surface area (Å²) in [6, 6.07) is 12.7. The average molecular weight is 354 g/mol. The smallest absolute Gasteiger partial charge is 0.189 e. The fourth-order valence-corrected chi connectivity index (χ4v) is 2.50.